The third-order valence-corrected chi connectivity index (χ3v) is 8.15. The van der Waals surface area contributed by atoms with Crippen LogP contribution in [0.4, 0.5) is 5.82 Å². The van der Waals surface area contributed by atoms with Crippen molar-refractivity contribution in [2.24, 2.45) is 10.2 Å². The quantitative estimate of drug-likeness (QED) is 0.626. The highest BCUT2D eigenvalue weighted by Gasteiger charge is 2.53. The number of carbonyl (C=O) groups is 1. The van der Waals surface area contributed by atoms with Crippen LogP contribution >= 0.6 is 0 Å². The molecule has 1 saturated heterocycles. The van der Waals surface area contributed by atoms with Crippen LogP contribution in [0.3, 0.4) is 0 Å². The minimum absolute atomic E-state index is 0.0106. The Kier molecular flexibility index (Phi) is 5.47. The summed E-state index contributed by atoms with van der Waals surface area (Å²) >= 11 is 0. The van der Waals surface area contributed by atoms with Gasteiger partial charge in [-0.05, 0) is 74.4 Å². The lowest BCUT2D eigenvalue weighted by Gasteiger charge is -2.48. The fraction of sp³-hybridized carbons (Fsp3) is 0.448. The lowest BCUT2D eigenvalue weighted by molar-refractivity contribution is -0.120. The molecule has 0 radical (unpaired) electrons. The molecule has 1 amide bonds. The van der Waals surface area contributed by atoms with Crippen LogP contribution in [0.2, 0.25) is 0 Å². The van der Waals surface area contributed by atoms with E-state index in [4.69, 9.17) is 0 Å². The van der Waals surface area contributed by atoms with Crippen molar-refractivity contribution < 1.29 is 4.79 Å². The second-order valence-corrected chi connectivity index (χ2v) is 11.0. The van der Waals surface area contributed by atoms with Gasteiger partial charge in [0.1, 0.15) is 5.82 Å². The molecule has 1 fully saturated rings. The van der Waals surface area contributed by atoms with Gasteiger partial charge < -0.3 is 15.5 Å². The van der Waals surface area contributed by atoms with E-state index in [9.17, 15) is 4.79 Å². The van der Waals surface area contributed by atoms with Gasteiger partial charge in [-0.15, -0.1) is 0 Å². The van der Waals surface area contributed by atoms with Gasteiger partial charge in [0.05, 0.1) is 17.2 Å². The van der Waals surface area contributed by atoms with E-state index >= 15 is 0 Å². The standard InChI is InChI=1S/C29H34N6O/c1-4-29(22-18-31-34-26(22)32-23-17-28(2,3)33-27(36)25(23)29)21-10-8-9-19(15-21)20-11-12-30-24(16-20)35-13-6-5-7-14-35/h8-12,15-16,18,26,32H,4-7,13-14,17H2,1-3H3,(H,33,36)/t26?,29-/m0/s1. The summed E-state index contributed by atoms with van der Waals surface area (Å²) in [5.74, 6) is 1.03. The molecule has 36 heavy (non-hydrogen) atoms. The largest absolute Gasteiger partial charge is 0.362 e. The van der Waals surface area contributed by atoms with E-state index in [1.54, 1.807) is 0 Å². The van der Waals surface area contributed by atoms with Gasteiger partial charge in [-0.1, -0.05) is 25.1 Å². The molecule has 7 nitrogen and oxygen atoms in total. The highest BCUT2D eigenvalue weighted by Crippen LogP contribution is 2.51. The lowest BCUT2D eigenvalue weighted by Crippen LogP contribution is -2.58. The summed E-state index contributed by atoms with van der Waals surface area (Å²) in [6.45, 7) is 8.42. The summed E-state index contributed by atoms with van der Waals surface area (Å²) in [4.78, 5) is 20.7. The number of hydrogen-bond donors (Lipinski definition) is 2. The van der Waals surface area contributed by atoms with Gasteiger partial charge in [-0.2, -0.15) is 10.2 Å². The smallest absolute Gasteiger partial charge is 0.250 e. The maximum Gasteiger partial charge on any atom is 0.250 e. The lowest BCUT2D eigenvalue weighted by atomic mass is 9.62. The number of anilines is 1. The summed E-state index contributed by atoms with van der Waals surface area (Å²) in [5.41, 5.74) is 5.29. The van der Waals surface area contributed by atoms with E-state index in [1.165, 1.54) is 19.3 Å². The Morgan fingerprint density at radius 3 is 2.69 bits per heavy atom. The SMILES string of the molecule is CC[C@]1(c2cccc(-c3ccnc(N4CCCCC4)c3)c2)C2=CN=NC2NC2=C1C(=O)NC(C)(C)C2. The molecule has 7 heteroatoms. The number of rotatable bonds is 4. The number of carbonyl (C=O) groups excluding carboxylic acids is 1. The van der Waals surface area contributed by atoms with Crippen LogP contribution in [0.1, 0.15) is 58.4 Å². The molecule has 6 rings (SSSR count). The van der Waals surface area contributed by atoms with Crippen LogP contribution in [0.15, 0.2) is 75.9 Å². The Balaban J connectivity index is 1.47. The summed E-state index contributed by atoms with van der Waals surface area (Å²) in [6.07, 6.45) is 8.74. The Morgan fingerprint density at radius 1 is 1.08 bits per heavy atom. The zero-order chi connectivity index (χ0) is 24.9. The molecule has 5 heterocycles. The molecular formula is C29H34N6O. The number of nitrogens with one attached hydrogen (secondary N) is 2. The van der Waals surface area contributed by atoms with Crippen LogP contribution in [0.25, 0.3) is 11.1 Å². The first-order chi connectivity index (χ1) is 17.4. The predicted molar refractivity (Wildman–Crippen MR) is 141 cm³/mol. The van der Waals surface area contributed by atoms with Crippen molar-refractivity contribution >= 4 is 11.7 Å². The van der Waals surface area contributed by atoms with E-state index in [2.05, 4.69) is 87.9 Å². The Hall–Kier alpha value is -3.48. The fourth-order valence-electron chi connectivity index (χ4n) is 6.46. The number of benzene rings is 1. The fourth-order valence-corrected chi connectivity index (χ4v) is 6.46. The van der Waals surface area contributed by atoms with Gasteiger partial charge in [0.15, 0.2) is 6.17 Å². The molecule has 0 bridgehead atoms. The number of aromatic nitrogens is 1. The third kappa shape index (κ3) is 3.64. The van der Waals surface area contributed by atoms with Crippen molar-refractivity contribution in [3.63, 3.8) is 0 Å². The number of azo groups is 1. The molecule has 1 aromatic heterocycles. The van der Waals surface area contributed by atoms with Crippen LogP contribution < -0.4 is 15.5 Å². The van der Waals surface area contributed by atoms with Crippen molar-refractivity contribution in [3.8, 4) is 11.1 Å². The molecule has 0 saturated carbocycles. The van der Waals surface area contributed by atoms with Gasteiger partial charge in [-0.25, -0.2) is 4.98 Å². The van der Waals surface area contributed by atoms with Gasteiger partial charge in [0.2, 0.25) is 0 Å². The first-order valence-electron chi connectivity index (χ1n) is 13.2. The number of pyridine rings is 1. The van der Waals surface area contributed by atoms with Crippen molar-refractivity contribution in [3.05, 3.63) is 71.2 Å². The second kappa shape index (κ2) is 8.57. The monoisotopic (exact) mass is 482 g/mol. The van der Waals surface area contributed by atoms with Crippen LogP contribution in [0.5, 0.6) is 0 Å². The molecule has 4 aliphatic rings. The highest BCUT2D eigenvalue weighted by molar-refractivity contribution is 6.00. The van der Waals surface area contributed by atoms with Gasteiger partial charge in [0.25, 0.3) is 5.91 Å². The van der Waals surface area contributed by atoms with Gasteiger partial charge >= 0.3 is 0 Å². The first kappa shape index (κ1) is 23.0. The summed E-state index contributed by atoms with van der Waals surface area (Å²) in [5, 5.41) is 15.5. The molecule has 4 aliphatic heterocycles. The minimum Gasteiger partial charge on any atom is -0.362 e. The normalized spacial score (nSPS) is 26.6. The van der Waals surface area contributed by atoms with Crippen molar-refractivity contribution in [1.29, 1.82) is 0 Å². The number of fused-ring (bicyclic) bond motifs is 1. The average Bonchev–Trinajstić information content (AvgIpc) is 3.36. The van der Waals surface area contributed by atoms with Gasteiger partial charge in [-0.3, -0.25) is 4.79 Å². The number of hydrogen-bond acceptors (Lipinski definition) is 6. The number of amides is 1. The van der Waals surface area contributed by atoms with Crippen molar-refractivity contribution in [1.82, 2.24) is 15.6 Å². The van der Waals surface area contributed by atoms with Crippen molar-refractivity contribution in [2.75, 3.05) is 18.0 Å². The summed E-state index contributed by atoms with van der Waals surface area (Å²) in [7, 11) is 0. The zero-order valence-electron chi connectivity index (χ0n) is 21.3. The molecule has 1 unspecified atom stereocenters. The van der Waals surface area contributed by atoms with Crippen LogP contribution in [0, 0.1) is 0 Å². The molecule has 2 aromatic rings. The highest BCUT2D eigenvalue weighted by atomic mass is 16.2. The number of piperidine rings is 1. The molecule has 2 atom stereocenters. The maximum absolute atomic E-state index is 13.6. The van der Waals surface area contributed by atoms with Crippen LogP contribution in [-0.4, -0.2) is 35.7 Å². The van der Waals surface area contributed by atoms with Crippen LogP contribution in [-0.2, 0) is 10.2 Å². The minimum atomic E-state index is -0.589. The zero-order valence-corrected chi connectivity index (χ0v) is 21.3. The Morgan fingerprint density at radius 2 is 1.89 bits per heavy atom. The Labute approximate surface area is 212 Å². The van der Waals surface area contributed by atoms with E-state index in [1.807, 2.05) is 12.4 Å². The first-order valence-corrected chi connectivity index (χ1v) is 13.2. The molecule has 0 aliphatic carbocycles. The van der Waals surface area contributed by atoms with E-state index in [0.717, 1.165) is 65.3 Å². The van der Waals surface area contributed by atoms with Crippen molar-refractivity contribution in [2.45, 2.75) is 70.0 Å². The molecule has 186 valence electrons. The van der Waals surface area contributed by atoms with E-state index in [0.29, 0.717) is 0 Å². The predicted octanol–water partition coefficient (Wildman–Crippen LogP) is 5.22. The van der Waals surface area contributed by atoms with Gasteiger partial charge in [0, 0.05) is 42.5 Å². The molecular weight excluding hydrogens is 448 g/mol. The summed E-state index contributed by atoms with van der Waals surface area (Å²) < 4.78 is 0. The summed E-state index contributed by atoms with van der Waals surface area (Å²) in [6, 6.07) is 12.9. The third-order valence-electron chi connectivity index (χ3n) is 8.15. The molecule has 2 N–H and O–H groups in total. The average molecular weight is 483 g/mol. The van der Waals surface area contributed by atoms with E-state index < -0.39 is 5.41 Å². The van der Waals surface area contributed by atoms with E-state index in [-0.39, 0.29) is 17.6 Å². The second-order valence-electron chi connectivity index (χ2n) is 11.0. The number of nitrogens with zero attached hydrogens (tertiary/aromatic N) is 4. The molecule has 1 aromatic carbocycles. The Bertz CT molecular complexity index is 1300. The topological polar surface area (TPSA) is 82.0 Å². The molecule has 0 spiro atoms. The maximum atomic E-state index is 13.6.